The van der Waals surface area contributed by atoms with Crippen LogP contribution in [0.15, 0.2) is 24.3 Å². The van der Waals surface area contributed by atoms with Gasteiger partial charge in [-0.15, -0.1) is 0 Å². The number of nitrogens with zero attached hydrogens (tertiary/aromatic N) is 1. The van der Waals surface area contributed by atoms with E-state index < -0.39 is 0 Å². The first-order chi connectivity index (χ1) is 12.2. The summed E-state index contributed by atoms with van der Waals surface area (Å²) in [6.45, 7) is 8.57. The topological polar surface area (TPSA) is 44.4 Å². The molecule has 0 aromatic heterocycles. The quantitative estimate of drug-likeness (QED) is 0.800. The van der Waals surface area contributed by atoms with E-state index in [4.69, 9.17) is 0 Å². The fraction of sp³-hybridized carbons (Fsp3) is 0.667. The standard InChI is InChI=1S/C21H33N3O/c1-17-5-4-12-24(15-17)16-20-7-3-2-6-19(20)14-23-21(25)9-8-18-10-11-22-13-18/h2-3,6-7,17-18,22H,4-5,8-16H2,1H3,(H,23,25). The highest BCUT2D eigenvalue weighted by Gasteiger charge is 2.18. The fourth-order valence-corrected chi connectivity index (χ4v) is 4.13. The molecule has 0 bridgehead atoms. The fourth-order valence-electron chi connectivity index (χ4n) is 4.13. The van der Waals surface area contributed by atoms with E-state index in [1.165, 1.54) is 43.5 Å². The summed E-state index contributed by atoms with van der Waals surface area (Å²) >= 11 is 0. The second-order valence-corrected chi connectivity index (χ2v) is 7.93. The zero-order chi connectivity index (χ0) is 17.5. The van der Waals surface area contributed by atoms with Gasteiger partial charge in [-0.05, 0) is 68.3 Å². The van der Waals surface area contributed by atoms with Gasteiger partial charge >= 0.3 is 0 Å². The molecule has 0 saturated carbocycles. The average Bonchev–Trinajstić information content (AvgIpc) is 3.13. The number of piperidine rings is 1. The van der Waals surface area contributed by atoms with Gasteiger partial charge in [-0.1, -0.05) is 31.2 Å². The van der Waals surface area contributed by atoms with Gasteiger partial charge in [-0.3, -0.25) is 9.69 Å². The largest absolute Gasteiger partial charge is 0.352 e. The van der Waals surface area contributed by atoms with Crippen molar-refractivity contribution in [3.05, 3.63) is 35.4 Å². The lowest BCUT2D eigenvalue weighted by atomic mass is 9.99. The highest BCUT2D eigenvalue weighted by Crippen LogP contribution is 2.19. The normalized spacial score (nSPS) is 24.4. The Morgan fingerprint density at radius 3 is 2.88 bits per heavy atom. The molecule has 1 aromatic rings. The van der Waals surface area contributed by atoms with E-state index >= 15 is 0 Å². The molecule has 2 aliphatic rings. The number of carbonyl (C=O) groups is 1. The third kappa shape index (κ3) is 5.82. The number of benzene rings is 1. The molecular formula is C21H33N3O. The maximum atomic E-state index is 12.2. The van der Waals surface area contributed by atoms with E-state index in [-0.39, 0.29) is 5.91 Å². The van der Waals surface area contributed by atoms with Crippen molar-refractivity contribution in [1.82, 2.24) is 15.5 Å². The minimum Gasteiger partial charge on any atom is -0.352 e. The van der Waals surface area contributed by atoms with E-state index in [2.05, 4.69) is 46.7 Å². The van der Waals surface area contributed by atoms with Crippen molar-refractivity contribution in [2.45, 2.75) is 52.1 Å². The lowest BCUT2D eigenvalue weighted by Gasteiger charge is -2.31. The molecule has 0 radical (unpaired) electrons. The van der Waals surface area contributed by atoms with Crippen LogP contribution in [0.4, 0.5) is 0 Å². The van der Waals surface area contributed by atoms with Gasteiger partial charge in [0.05, 0.1) is 0 Å². The van der Waals surface area contributed by atoms with Crippen LogP contribution in [0.5, 0.6) is 0 Å². The predicted octanol–water partition coefficient (Wildman–Crippen LogP) is 2.92. The van der Waals surface area contributed by atoms with Crippen molar-refractivity contribution in [3.63, 3.8) is 0 Å². The van der Waals surface area contributed by atoms with Crippen LogP contribution in [0.2, 0.25) is 0 Å². The van der Waals surface area contributed by atoms with Crippen LogP contribution in [-0.4, -0.2) is 37.0 Å². The smallest absolute Gasteiger partial charge is 0.220 e. The van der Waals surface area contributed by atoms with Crippen LogP contribution in [0.25, 0.3) is 0 Å². The van der Waals surface area contributed by atoms with Gasteiger partial charge in [-0.25, -0.2) is 0 Å². The van der Waals surface area contributed by atoms with Gasteiger partial charge in [0, 0.05) is 26.1 Å². The Bertz CT molecular complexity index is 554. The summed E-state index contributed by atoms with van der Waals surface area (Å²) in [5, 5.41) is 6.50. The summed E-state index contributed by atoms with van der Waals surface area (Å²) in [6, 6.07) is 8.56. The van der Waals surface area contributed by atoms with Gasteiger partial charge in [0.15, 0.2) is 0 Å². The van der Waals surface area contributed by atoms with Gasteiger partial charge < -0.3 is 10.6 Å². The van der Waals surface area contributed by atoms with E-state index in [1.54, 1.807) is 0 Å². The SMILES string of the molecule is CC1CCCN(Cc2ccccc2CNC(=O)CCC2CCNC2)C1. The third-order valence-corrected chi connectivity index (χ3v) is 5.67. The highest BCUT2D eigenvalue weighted by molar-refractivity contribution is 5.75. The molecule has 3 rings (SSSR count). The number of rotatable bonds is 7. The molecule has 0 aliphatic carbocycles. The van der Waals surface area contributed by atoms with Crippen molar-refractivity contribution < 1.29 is 4.79 Å². The van der Waals surface area contributed by atoms with Crippen molar-refractivity contribution >= 4 is 5.91 Å². The summed E-state index contributed by atoms with van der Waals surface area (Å²) in [5.41, 5.74) is 2.62. The summed E-state index contributed by atoms with van der Waals surface area (Å²) < 4.78 is 0. The number of hydrogen-bond acceptors (Lipinski definition) is 3. The maximum Gasteiger partial charge on any atom is 0.220 e. The van der Waals surface area contributed by atoms with E-state index in [0.717, 1.165) is 32.0 Å². The summed E-state index contributed by atoms with van der Waals surface area (Å²) in [4.78, 5) is 14.7. The Labute approximate surface area is 152 Å². The Kier molecular flexibility index (Phi) is 6.88. The first-order valence-corrected chi connectivity index (χ1v) is 9.97. The van der Waals surface area contributed by atoms with Crippen LogP contribution in [-0.2, 0) is 17.9 Å². The van der Waals surface area contributed by atoms with Crippen LogP contribution in [0.3, 0.4) is 0 Å². The molecule has 2 fully saturated rings. The lowest BCUT2D eigenvalue weighted by molar-refractivity contribution is -0.121. The van der Waals surface area contributed by atoms with E-state index in [1.807, 2.05) is 0 Å². The van der Waals surface area contributed by atoms with Crippen molar-refractivity contribution in [3.8, 4) is 0 Å². The van der Waals surface area contributed by atoms with E-state index in [9.17, 15) is 4.79 Å². The molecule has 1 amide bonds. The predicted molar refractivity (Wildman–Crippen MR) is 102 cm³/mol. The Balaban J connectivity index is 1.47. The maximum absolute atomic E-state index is 12.2. The molecule has 2 N–H and O–H groups in total. The minimum atomic E-state index is 0.188. The molecule has 1 aromatic carbocycles. The molecule has 4 nitrogen and oxygen atoms in total. The molecule has 0 spiro atoms. The van der Waals surface area contributed by atoms with Crippen LogP contribution < -0.4 is 10.6 Å². The molecule has 2 atom stereocenters. The second kappa shape index (κ2) is 9.35. The van der Waals surface area contributed by atoms with Gasteiger partial charge in [0.2, 0.25) is 5.91 Å². The molecule has 2 heterocycles. The molecule has 25 heavy (non-hydrogen) atoms. The number of hydrogen-bond donors (Lipinski definition) is 2. The number of likely N-dealkylation sites (tertiary alicyclic amines) is 1. The van der Waals surface area contributed by atoms with Crippen molar-refractivity contribution in [1.29, 1.82) is 0 Å². The van der Waals surface area contributed by atoms with Crippen LogP contribution in [0.1, 0.15) is 50.2 Å². The lowest BCUT2D eigenvalue weighted by Crippen LogP contribution is -2.34. The molecular weight excluding hydrogens is 310 g/mol. The Morgan fingerprint density at radius 1 is 1.28 bits per heavy atom. The highest BCUT2D eigenvalue weighted by atomic mass is 16.1. The molecule has 2 aliphatic heterocycles. The Hall–Kier alpha value is -1.39. The third-order valence-electron chi connectivity index (χ3n) is 5.67. The van der Waals surface area contributed by atoms with Crippen LogP contribution >= 0.6 is 0 Å². The van der Waals surface area contributed by atoms with Gasteiger partial charge in [0.25, 0.3) is 0 Å². The second-order valence-electron chi connectivity index (χ2n) is 7.93. The zero-order valence-electron chi connectivity index (χ0n) is 15.6. The van der Waals surface area contributed by atoms with Crippen LogP contribution in [0, 0.1) is 11.8 Å². The monoisotopic (exact) mass is 343 g/mol. The summed E-state index contributed by atoms with van der Waals surface area (Å²) in [5.74, 6) is 1.66. The number of carbonyl (C=O) groups excluding carboxylic acids is 1. The number of nitrogens with one attached hydrogen (secondary N) is 2. The average molecular weight is 344 g/mol. The first-order valence-electron chi connectivity index (χ1n) is 9.97. The molecule has 4 heteroatoms. The Morgan fingerprint density at radius 2 is 2.12 bits per heavy atom. The molecule has 2 saturated heterocycles. The summed E-state index contributed by atoms with van der Waals surface area (Å²) in [7, 11) is 0. The van der Waals surface area contributed by atoms with Gasteiger partial charge in [-0.2, -0.15) is 0 Å². The zero-order valence-corrected chi connectivity index (χ0v) is 15.6. The van der Waals surface area contributed by atoms with E-state index in [0.29, 0.717) is 18.9 Å². The van der Waals surface area contributed by atoms with Crippen molar-refractivity contribution in [2.75, 3.05) is 26.2 Å². The minimum absolute atomic E-state index is 0.188. The molecule has 138 valence electrons. The van der Waals surface area contributed by atoms with Crippen molar-refractivity contribution in [2.24, 2.45) is 11.8 Å². The molecule has 2 unspecified atom stereocenters. The number of amides is 1. The van der Waals surface area contributed by atoms with Gasteiger partial charge in [0.1, 0.15) is 0 Å². The summed E-state index contributed by atoms with van der Waals surface area (Å²) in [6.07, 6.45) is 5.52. The first kappa shape index (κ1) is 18.4.